The molecule has 2 aromatic rings. The van der Waals surface area contributed by atoms with Gasteiger partial charge in [0.15, 0.2) is 29.3 Å². The van der Waals surface area contributed by atoms with E-state index in [9.17, 15) is 10.2 Å². The van der Waals surface area contributed by atoms with E-state index in [1.165, 1.54) is 5.56 Å². The highest BCUT2D eigenvalue weighted by Gasteiger charge is 2.55. The Bertz CT molecular complexity index is 2200. The summed E-state index contributed by atoms with van der Waals surface area (Å²) in [4.78, 5) is 20.0. The van der Waals surface area contributed by atoms with Gasteiger partial charge in [0.05, 0.1) is 12.8 Å². The first-order valence-electron chi connectivity index (χ1n) is 24.0. The number of allylic oxidation sites excluding steroid dienone is 2. The van der Waals surface area contributed by atoms with Crippen LogP contribution in [0.15, 0.2) is 47.5 Å². The van der Waals surface area contributed by atoms with Gasteiger partial charge in [0.1, 0.15) is 11.7 Å². The van der Waals surface area contributed by atoms with E-state index in [1.807, 2.05) is 25.3 Å². The van der Waals surface area contributed by atoms with Gasteiger partial charge in [-0.3, -0.25) is 15.1 Å². The molecule has 4 fully saturated rings. The third kappa shape index (κ3) is 8.98. The fourth-order valence-corrected chi connectivity index (χ4v) is 13.3. The van der Waals surface area contributed by atoms with Crippen molar-refractivity contribution in [3.63, 3.8) is 0 Å². The summed E-state index contributed by atoms with van der Waals surface area (Å²) in [6.07, 6.45) is 21.7. The molecule has 0 radical (unpaired) electrons. The predicted octanol–water partition coefficient (Wildman–Crippen LogP) is 8.62. The lowest BCUT2D eigenvalue weighted by Gasteiger charge is -2.50. The number of nitrogens with one attached hydrogen (secondary N) is 3. The van der Waals surface area contributed by atoms with E-state index in [0.29, 0.717) is 73.0 Å². The number of ether oxygens (including phenoxy) is 4. The smallest absolute Gasteiger partial charge is 0.207 e. The molecule has 11 heteroatoms. The number of nitrogens with zero attached hydrogens (tertiary/aromatic N) is 1. The van der Waals surface area contributed by atoms with Gasteiger partial charge in [-0.05, 0) is 148 Å². The molecule has 10 atom stereocenters. The first kappa shape index (κ1) is 45.9. The zero-order valence-corrected chi connectivity index (χ0v) is 38.7. The highest BCUT2D eigenvalue weighted by molar-refractivity contribution is 5.97. The number of aliphatic hydroxyl groups is 1. The first-order valence-corrected chi connectivity index (χ1v) is 24.0. The first-order chi connectivity index (χ1) is 31.1. The van der Waals surface area contributed by atoms with Crippen molar-refractivity contribution in [2.24, 2.45) is 45.9 Å². The molecule has 6 aliphatic rings. The van der Waals surface area contributed by atoms with E-state index in [4.69, 9.17) is 18.9 Å². The van der Waals surface area contributed by atoms with Crippen LogP contribution in [0.5, 0.6) is 23.0 Å². The van der Waals surface area contributed by atoms with Crippen molar-refractivity contribution in [1.82, 2.24) is 10.6 Å². The number of methoxy groups -OCH3 is 2. The van der Waals surface area contributed by atoms with Crippen molar-refractivity contribution in [2.75, 3.05) is 40.2 Å². The van der Waals surface area contributed by atoms with Crippen molar-refractivity contribution >= 4 is 17.4 Å². The molecule has 0 aromatic heterocycles. The molecule has 8 rings (SSSR count). The van der Waals surface area contributed by atoms with Crippen LogP contribution >= 0.6 is 0 Å². The third-order valence-electron chi connectivity index (χ3n) is 16.3. The van der Waals surface area contributed by atoms with Crippen molar-refractivity contribution < 1.29 is 34.0 Å². The molecule has 4 aliphatic carbocycles. The van der Waals surface area contributed by atoms with Crippen LogP contribution in [-0.4, -0.2) is 68.7 Å². The molecule has 11 nitrogen and oxygen atoms in total. The van der Waals surface area contributed by atoms with Crippen molar-refractivity contribution in [3.8, 4) is 47.0 Å². The minimum Gasteiger partial charge on any atom is -0.504 e. The second-order valence-corrected chi connectivity index (χ2v) is 19.7. The fraction of sp³-hybridized carbons (Fsp3) is 0.623. The number of anilines is 1. The summed E-state index contributed by atoms with van der Waals surface area (Å²) in [5.74, 6) is 10.3. The predicted molar refractivity (Wildman–Crippen MR) is 250 cm³/mol. The van der Waals surface area contributed by atoms with Crippen LogP contribution in [0.4, 0.5) is 5.69 Å². The lowest BCUT2D eigenvalue weighted by atomic mass is 9.54. The summed E-state index contributed by atoms with van der Waals surface area (Å²) in [5.41, 5.74) is 1.36. The van der Waals surface area contributed by atoms with E-state index in [-0.39, 0.29) is 40.6 Å². The number of carbonyl (C=O) groups excluding carboxylic acids is 1. The Morgan fingerprint density at radius 3 is 2.67 bits per heavy atom. The van der Waals surface area contributed by atoms with E-state index >= 15 is 4.79 Å². The number of phenols is 1. The number of rotatable bonds is 11. The van der Waals surface area contributed by atoms with Gasteiger partial charge in [-0.15, -0.1) is 0 Å². The minimum atomic E-state index is -0.863. The molecule has 344 valence electrons. The molecule has 0 saturated heterocycles. The molecule has 2 aromatic carbocycles. The number of aliphatic hydroxyl groups excluding tert-OH is 1. The minimum absolute atomic E-state index is 0.0408. The van der Waals surface area contributed by atoms with Gasteiger partial charge in [-0.25, -0.2) is 0 Å². The Morgan fingerprint density at radius 2 is 1.88 bits per heavy atom. The number of hydrogen-bond acceptors (Lipinski definition) is 9. The second-order valence-electron chi connectivity index (χ2n) is 19.7. The number of hydrogen-bond donors (Lipinski definition) is 5. The average Bonchev–Trinajstić information content (AvgIpc) is 4.01. The standard InChI is InChI=1S/C53H70N4O7/c1-6-7-12-36-18-19-40-15-9-24-53(40)41-29-43(49-46(30-41)64-51(34-54-2)32-37(13-11-26-63-49)38(33-51)28-48(60)62-5)57-50(55-3)56-25-10-16-39-14-8-23-52(39,47(59)22-20-42(36)53)31-35-17-21-44(58)45(27-35)61-4/h17,20-22,27,29-30,36-40,42,48,54,58,60H,6-9,12-16,18-19,23-24,28,31-34H2,1-5H3,(H2,55,56,57)/b22-20+/t36-,37+,38-,39-,40-,42+,48+,51-,52-,53+/m0/s1. The molecule has 0 amide bonds. The molecule has 2 aliphatic heterocycles. The maximum Gasteiger partial charge on any atom is 0.207 e. The summed E-state index contributed by atoms with van der Waals surface area (Å²) in [5, 5.41) is 31.5. The Balaban J connectivity index is 1.30. The number of ketones is 1. The van der Waals surface area contributed by atoms with Crippen LogP contribution in [0.25, 0.3) is 0 Å². The van der Waals surface area contributed by atoms with Gasteiger partial charge < -0.3 is 39.8 Å². The van der Waals surface area contributed by atoms with E-state index in [1.54, 1.807) is 27.3 Å². The topological polar surface area (TPSA) is 143 Å². The largest absolute Gasteiger partial charge is 0.504 e. The highest BCUT2D eigenvalue weighted by Crippen LogP contribution is 2.62. The number of fused-ring (bicyclic) bond motifs is 7. The fourth-order valence-electron chi connectivity index (χ4n) is 13.3. The molecule has 2 heterocycles. The number of aliphatic imine (C=N–C) groups is 1. The normalized spacial score (nSPS) is 33.5. The lowest BCUT2D eigenvalue weighted by Crippen LogP contribution is -2.46. The Kier molecular flexibility index (Phi) is 14.2. The number of carbonyl (C=O) groups is 1. The quantitative estimate of drug-likeness (QED) is 0.110. The van der Waals surface area contributed by atoms with E-state index in [2.05, 4.69) is 70.1 Å². The molecule has 1 spiro atoms. The van der Waals surface area contributed by atoms with Crippen LogP contribution in [0.1, 0.15) is 121 Å². The van der Waals surface area contributed by atoms with Gasteiger partial charge in [0.25, 0.3) is 0 Å². The Hall–Kier alpha value is -4.68. The number of unbranched alkanes of at least 4 members (excludes halogenated alkanes) is 1. The Labute approximate surface area is 380 Å². The SMILES string of the molecule is CCCC[C@H]1CC[C@@H]2CCC[C@]23c2cc(c4c(c2)O[C@@]2(CNC)C[C@@H](CC#CO4)[C@@H](C[C@H](O)OC)C2)NC(=NC)NC#CC[C@@H]2CCC[C@@]2(Cc2ccc(O)c(OC)c2)C(=O)/C=C/[C@H]13. The van der Waals surface area contributed by atoms with Crippen LogP contribution < -0.4 is 30.2 Å². The van der Waals surface area contributed by atoms with Gasteiger partial charge in [0.2, 0.25) is 11.7 Å². The molecule has 4 bridgehead atoms. The molecule has 4 saturated carbocycles. The lowest BCUT2D eigenvalue weighted by molar-refractivity contribution is -0.125. The van der Waals surface area contributed by atoms with E-state index < -0.39 is 17.3 Å². The zero-order valence-electron chi connectivity index (χ0n) is 38.7. The van der Waals surface area contributed by atoms with Crippen LogP contribution in [0.3, 0.4) is 0 Å². The molecule has 64 heavy (non-hydrogen) atoms. The molecular formula is C53H70N4O7. The van der Waals surface area contributed by atoms with Gasteiger partial charge in [-0.2, -0.15) is 0 Å². The third-order valence-corrected chi connectivity index (χ3v) is 16.3. The summed E-state index contributed by atoms with van der Waals surface area (Å²) in [7, 11) is 6.81. The number of benzene rings is 2. The Morgan fingerprint density at radius 1 is 1.03 bits per heavy atom. The number of phenolic OH excluding ortho intramolecular Hbond substituents is 1. The summed E-state index contributed by atoms with van der Waals surface area (Å²) in [6, 6.07) is 13.2. The van der Waals surface area contributed by atoms with Gasteiger partial charge >= 0.3 is 0 Å². The van der Waals surface area contributed by atoms with Crippen LogP contribution in [0, 0.1) is 64.9 Å². The van der Waals surface area contributed by atoms with Crippen molar-refractivity contribution in [3.05, 3.63) is 53.6 Å². The van der Waals surface area contributed by atoms with Crippen molar-refractivity contribution in [2.45, 2.75) is 133 Å². The van der Waals surface area contributed by atoms with Crippen molar-refractivity contribution in [1.29, 1.82) is 0 Å². The molecule has 0 unspecified atom stereocenters. The van der Waals surface area contributed by atoms with E-state index in [0.717, 1.165) is 89.0 Å². The van der Waals surface area contributed by atoms with Crippen LogP contribution in [-0.2, 0) is 21.4 Å². The molecular weight excluding hydrogens is 805 g/mol. The zero-order chi connectivity index (χ0) is 44.9. The number of likely N-dealkylation sites (N-methyl/N-ethyl adjacent to an activating group) is 1. The summed E-state index contributed by atoms with van der Waals surface area (Å²) in [6.45, 7) is 2.89. The molecule has 5 N–H and O–H groups in total. The monoisotopic (exact) mass is 875 g/mol. The van der Waals surface area contributed by atoms with Crippen LogP contribution in [0.2, 0.25) is 0 Å². The maximum absolute atomic E-state index is 15.4. The number of aromatic hydroxyl groups is 1. The average molecular weight is 875 g/mol. The van der Waals surface area contributed by atoms with Gasteiger partial charge in [-0.1, -0.05) is 56.6 Å². The summed E-state index contributed by atoms with van der Waals surface area (Å²) >= 11 is 0. The van der Waals surface area contributed by atoms with Gasteiger partial charge in [0, 0.05) is 56.8 Å². The maximum atomic E-state index is 15.4. The number of guanidine groups is 1. The highest BCUT2D eigenvalue weighted by atomic mass is 16.6. The second kappa shape index (κ2) is 19.8. The summed E-state index contributed by atoms with van der Waals surface area (Å²) < 4.78 is 24.8.